The highest BCUT2D eigenvalue weighted by atomic mass is 127. The molecule has 0 unspecified atom stereocenters. The molecule has 0 spiro atoms. The number of benzene rings is 3. The molecule has 0 saturated heterocycles. The van der Waals surface area contributed by atoms with Crippen LogP contribution in [0.5, 0.6) is 11.5 Å². The molecule has 0 fully saturated rings. The molecule has 1 aliphatic heterocycles. The summed E-state index contributed by atoms with van der Waals surface area (Å²) >= 11 is 7.67. The van der Waals surface area contributed by atoms with Gasteiger partial charge >= 0.3 is 0 Å². The Balaban J connectivity index is 1.91. The van der Waals surface area contributed by atoms with Gasteiger partial charge in [0.25, 0.3) is 0 Å². The first kappa shape index (κ1) is 23.7. The lowest BCUT2D eigenvalue weighted by atomic mass is 9.87. The Morgan fingerprint density at radius 3 is 2.44 bits per heavy atom. The predicted molar refractivity (Wildman–Crippen MR) is 143 cm³/mol. The first-order valence-corrected chi connectivity index (χ1v) is 11.9. The van der Waals surface area contributed by atoms with Crippen LogP contribution in [0.2, 0.25) is 0 Å². The van der Waals surface area contributed by atoms with Crippen LogP contribution >= 0.6 is 34.8 Å². The molecule has 1 aliphatic rings. The number of methoxy groups -OCH3 is 1. The second-order valence-electron chi connectivity index (χ2n) is 7.36. The van der Waals surface area contributed by atoms with Gasteiger partial charge in [-0.1, -0.05) is 60.7 Å². The number of halogens is 1. The van der Waals surface area contributed by atoms with Gasteiger partial charge in [0, 0.05) is 5.56 Å². The van der Waals surface area contributed by atoms with Crippen molar-refractivity contribution in [2.45, 2.75) is 6.04 Å². The van der Waals surface area contributed by atoms with E-state index in [-0.39, 0.29) is 12.4 Å². The minimum atomic E-state index is -0.538. The normalized spacial score (nSPS) is 15.1. The van der Waals surface area contributed by atoms with Gasteiger partial charge in [-0.2, -0.15) is 5.26 Å². The minimum Gasteiger partial charge on any atom is -0.493 e. The summed E-state index contributed by atoms with van der Waals surface area (Å²) in [6.07, 6.45) is 0. The highest BCUT2D eigenvalue weighted by Crippen LogP contribution is 2.40. The van der Waals surface area contributed by atoms with Gasteiger partial charge in [0.1, 0.15) is 6.07 Å². The summed E-state index contributed by atoms with van der Waals surface area (Å²) < 4.78 is 11.9. The highest BCUT2D eigenvalue weighted by molar-refractivity contribution is 14.1. The van der Waals surface area contributed by atoms with Gasteiger partial charge in [0.05, 0.1) is 28.0 Å². The molecule has 1 atom stereocenters. The van der Waals surface area contributed by atoms with Crippen molar-refractivity contribution in [2.75, 3.05) is 13.7 Å². The fourth-order valence-corrected chi connectivity index (χ4v) is 4.79. The van der Waals surface area contributed by atoms with E-state index in [9.17, 15) is 4.79 Å². The van der Waals surface area contributed by atoms with Gasteiger partial charge in [-0.05, 0) is 58.1 Å². The smallest absolute Gasteiger partial charge is 0.193 e. The van der Waals surface area contributed by atoms with Crippen LogP contribution in [0.25, 0.3) is 5.70 Å². The van der Waals surface area contributed by atoms with E-state index in [1.165, 1.54) is 7.11 Å². The van der Waals surface area contributed by atoms with Crippen molar-refractivity contribution in [3.63, 3.8) is 0 Å². The van der Waals surface area contributed by atoms with Crippen molar-refractivity contribution in [2.24, 2.45) is 0 Å². The van der Waals surface area contributed by atoms with E-state index in [2.05, 4.69) is 33.2 Å². The summed E-state index contributed by atoms with van der Waals surface area (Å²) in [6, 6.07) is 23.9. The van der Waals surface area contributed by atoms with Gasteiger partial charge in [0.2, 0.25) is 0 Å². The summed E-state index contributed by atoms with van der Waals surface area (Å²) in [5.74, 6) is 0.829. The maximum Gasteiger partial charge on any atom is 0.193 e. The molecule has 0 radical (unpaired) electrons. The third-order valence-electron chi connectivity index (χ3n) is 5.28. The van der Waals surface area contributed by atoms with Crippen LogP contribution in [-0.2, 0) is 0 Å². The van der Waals surface area contributed by atoms with E-state index in [1.54, 1.807) is 18.2 Å². The maximum atomic E-state index is 13.8. The average Bonchev–Trinajstić information content (AvgIpc) is 2.87. The largest absolute Gasteiger partial charge is 0.493 e. The van der Waals surface area contributed by atoms with Gasteiger partial charge in [0.15, 0.2) is 29.0 Å². The number of nitriles is 1. The van der Waals surface area contributed by atoms with Crippen LogP contribution in [0.1, 0.15) is 27.5 Å². The molecule has 8 heteroatoms. The number of carbonyl (C=O) groups is 1. The molecular weight excluding hydrogens is 561 g/mol. The number of carbonyl (C=O) groups excluding carboxylic acids is 1. The average molecular weight is 581 g/mol. The number of hydrogen-bond donors (Lipinski definition) is 2. The van der Waals surface area contributed by atoms with Crippen LogP contribution in [0.3, 0.4) is 0 Å². The Hall–Kier alpha value is -3.42. The van der Waals surface area contributed by atoms with E-state index < -0.39 is 6.04 Å². The first-order valence-electron chi connectivity index (χ1n) is 10.4. The zero-order valence-corrected chi connectivity index (χ0v) is 21.1. The Labute approximate surface area is 216 Å². The molecule has 0 bridgehead atoms. The molecule has 0 amide bonds. The number of nitrogens with one attached hydrogen (secondary N) is 2. The van der Waals surface area contributed by atoms with Gasteiger partial charge in [-0.15, -0.1) is 0 Å². The number of rotatable bonds is 7. The second kappa shape index (κ2) is 10.7. The third kappa shape index (κ3) is 4.90. The van der Waals surface area contributed by atoms with E-state index in [0.717, 1.165) is 14.7 Å². The van der Waals surface area contributed by atoms with E-state index in [4.69, 9.17) is 27.0 Å². The molecular formula is C26H20IN3O3S. The standard InChI is InChI=1S/C26H20IN3O3S/c1-32-20-15-18(14-19(27)25(20)33-13-12-28)23-21(24(31)17-10-6-3-7-11-17)22(29-26(34)30-23)16-8-4-2-5-9-16/h2-11,14-15,23H,13H2,1H3,(H2,29,30,34)/t23-/m1/s1. The summed E-state index contributed by atoms with van der Waals surface area (Å²) in [7, 11) is 1.54. The molecule has 3 aromatic carbocycles. The lowest BCUT2D eigenvalue weighted by Gasteiger charge is -2.32. The molecule has 170 valence electrons. The van der Waals surface area contributed by atoms with Crippen LogP contribution < -0.4 is 20.1 Å². The highest BCUT2D eigenvalue weighted by Gasteiger charge is 2.33. The number of ether oxygens (including phenoxy) is 2. The lowest BCUT2D eigenvalue weighted by molar-refractivity contribution is 0.102. The molecule has 1 heterocycles. The molecule has 6 nitrogen and oxygen atoms in total. The minimum absolute atomic E-state index is 0.100. The van der Waals surface area contributed by atoms with Crippen LogP contribution in [-0.4, -0.2) is 24.6 Å². The van der Waals surface area contributed by atoms with E-state index >= 15 is 0 Å². The van der Waals surface area contributed by atoms with E-state index in [1.807, 2.05) is 60.7 Å². The fourth-order valence-electron chi connectivity index (χ4n) is 3.79. The Bertz CT molecular complexity index is 1300. The maximum absolute atomic E-state index is 13.8. The van der Waals surface area contributed by atoms with Crippen molar-refractivity contribution >= 4 is 51.4 Å². The van der Waals surface area contributed by atoms with Crippen molar-refractivity contribution in [1.29, 1.82) is 5.26 Å². The van der Waals surface area contributed by atoms with Crippen molar-refractivity contribution in [3.05, 3.63) is 98.6 Å². The van der Waals surface area contributed by atoms with Crippen LogP contribution in [0, 0.1) is 14.9 Å². The quantitative estimate of drug-likeness (QED) is 0.231. The zero-order valence-electron chi connectivity index (χ0n) is 18.2. The third-order valence-corrected chi connectivity index (χ3v) is 6.30. The molecule has 4 rings (SSSR count). The summed E-state index contributed by atoms with van der Waals surface area (Å²) in [6.45, 7) is -0.100. The molecule has 0 aliphatic carbocycles. The molecule has 0 saturated carbocycles. The molecule has 3 aromatic rings. The monoisotopic (exact) mass is 581 g/mol. The summed E-state index contributed by atoms with van der Waals surface area (Å²) in [5.41, 5.74) is 3.40. The Morgan fingerprint density at radius 2 is 1.79 bits per heavy atom. The van der Waals surface area contributed by atoms with Gasteiger partial charge < -0.3 is 20.1 Å². The second-order valence-corrected chi connectivity index (χ2v) is 8.93. The lowest BCUT2D eigenvalue weighted by Crippen LogP contribution is -2.45. The molecule has 0 aromatic heterocycles. The Morgan fingerprint density at radius 1 is 1.12 bits per heavy atom. The number of nitrogens with zero attached hydrogens (tertiary/aromatic N) is 1. The van der Waals surface area contributed by atoms with Gasteiger partial charge in [-0.25, -0.2) is 0 Å². The van der Waals surface area contributed by atoms with Crippen molar-refractivity contribution < 1.29 is 14.3 Å². The fraction of sp³-hybridized carbons (Fsp3) is 0.115. The van der Waals surface area contributed by atoms with Crippen molar-refractivity contribution in [1.82, 2.24) is 10.6 Å². The molecule has 2 N–H and O–H groups in total. The first-order chi connectivity index (χ1) is 16.5. The number of thiocarbonyl (C=S) groups is 1. The van der Waals surface area contributed by atoms with Gasteiger partial charge in [-0.3, -0.25) is 4.79 Å². The number of Topliss-reactive ketones (excluding diaryl/α,β-unsaturated/α-hetero) is 1. The number of ketones is 1. The summed E-state index contributed by atoms with van der Waals surface area (Å²) in [5, 5.41) is 15.8. The SMILES string of the molecule is COc1cc([C@H]2NC(=S)NC(c3ccccc3)=C2C(=O)c2ccccc2)cc(I)c1OCC#N. The summed E-state index contributed by atoms with van der Waals surface area (Å²) in [4.78, 5) is 13.8. The van der Waals surface area contributed by atoms with Crippen molar-refractivity contribution in [3.8, 4) is 17.6 Å². The Kier molecular flexibility index (Phi) is 7.45. The topological polar surface area (TPSA) is 83.4 Å². The van der Waals surface area contributed by atoms with Crippen LogP contribution in [0.15, 0.2) is 78.4 Å². The zero-order chi connectivity index (χ0) is 24.1. The van der Waals surface area contributed by atoms with E-state index in [0.29, 0.717) is 33.4 Å². The number of hydrogen-bond acceptors (Lipinski definition) is 5. The van der Waals surface area contributed by atoms with Crippen LogP contribution in [0.4, 0.5) is 0 Å². The molecule has 34 heavy (non-hydrogen) atoms. The predicted octanol–water partition coefficient (Wildman–Crippen LogP) is 5.02.